The molecule has 0 radical (unpaired) electrons. The van der Waals surface area contributed by atoms with Crippen LogP contribution in [0, 0.1) is 0 Å². The maximum atomic E-state index is 5.84. The molecule has 1 saturated heterocycles. The molecule has 1 aliphatic rings. The fraction of sp³-hybridized carbons (Fsp3) is 0.455. The highest BCUT2D eigenvalue weighted by atomic mass is 35.5. The third-order valence-corrected chi connectivity index (χ3v) is 2.88. The van der Waals surface area contributed by atoms with Gasteiger partial charge >= 0.3 is 0 Å². The van der Waals surface area contributed by atoms with Crippen molar-refractivity contribution in [1.29, 1.82) is 0 Å². The van der Waals surface area contributed by atoms with Crippen LogP contribution < -0.4 is 5.73 Å². The molecule has 0 saturated carbocycles. The molecule has 1 aromatic carbocycles. The topological polar surface area (TPSA) is 29.3 Å². The van der Waals surface area contributed by atoms with E-state index in [4.69, 9.17) is 17.3 Å². The van der Waals surface area contributed by atoms with Crippen molar-refractivity contribution in [2.75, 3.05) is 13.1 Å². The lowest BCUT2D eigenvalue weighted by Crippen LogP contribution is -2.26. The molecule has 14 heavy (non-hydrogen) atoms. The van der Waals surface area contributed by atoms with Crippen LogP contribution in [-0.4, -0.2) is 24.0 Å². The van der Waals surface area contributed by atoms with Gasteiger partial charge in [-0.15, -0.1) is 0 Å². The quantitative estimate of drug-likeness (QED) is 0.808. The molecule has 0 aliphatic carbocycles. The van der Waals surface area contributed by atoms with Gasteiger partial charge in [0.15, 0.2) is 0 Å². The minimum absolute atomic E-state index is 0.363. The van der Waals surface area contributed by atoms with E-state index in [1.165, 1.54) is 5.56 Å². The smallest absolute Gasteiger partial charge is 0.0406 e. The Morgan fingerprint density at radius 1 is 1.36 bits per heavy atom. The Bertz CT molecular complexity index is 297. The maximum Gasteiger partial charge on any atom is 0.0406 e. The lowest BCUT2D eigenvalue weighted by molar-refractivity contribution is 0.327. The number of halogens is 1. The molecule has 1 atom stereocenters. The van der Waals surface area contributed by atoms with E-state index >= 15 is 0 Å². The van der Waals surface area contributed by atoms with E-state index in [1.807, 2.05) is 12.1 Å². The van der Waals surface area contributed by atoms with E-state index in [1.54, 1.807) is 0 Å². The molecule has 76 valence electrons. The molecule has 1 heterocycles. The highest BCUT2D eigenvalue weighted by Crippen LogP contribution is 2.14. The van der Waals surface area contributed by atoms with E-state index < -0.39 is 0 Å². The van der Waals surface area contributed by atoms with Crippen LogP contribution in [0.5, 0.6) is 0 Å². The Balaban J connectivity index is 1.94. The summed E-state index contributed by atoms with van der Waals surface area (Å²) in [5.41, 5.74) is 7.15. The molecule has 1 aliphatic heterocycles. The van der Waals surface area contributed by atoms with Gasteiger partial charge in [0.05, 0.1) is 0 Å². The number of rotatable bonds is 2. The minimum Gasteiger partial charge on any atom is -0.326 e. The molecule has 1 fully saturated rings. The molecule has 0 bridgehead atoms. The molecule has 3 heteroatoms. The van der Waals surface area contributed by atoms with Crippen LogP contribution in [-0.2, 0) is 6.54 Å². The van der Waals surface area contributed by atoms with Gasteiger partial charge in [0.2, 0.25) is 0 Å². The van der Waals surface area contributed by atoms with E-state index in [0.29, 0.717) is 6.04 Å². The molecule has 1 aromatic rings. The Morgan fingerprint density at radius 3 is 2.64 bits per heavy atom. The zero-order valence-corrected chi connectivity index (χ0v) is 8.87. The Hall–Kier alpha value is -0.570. The number of nitrogens with zero attached hydrogens (tertiary/aromatic N) is 1. The third kappa shape index (κ3) is 2.47. The van der Waals surface area contributed by atoms with Gasteiger partial charge in [-0.2, -0.15) is 0 Å². The SMILES string of the molecule is NC1CCN(Cc2ccc(Cl)cc2)C1. The average molecular weight is 211 g/mol. The molecular weight excluding hydrogens is 196 g/mol. The number of hydrogen-bond donors (Lipinski definition) is 1. The first kappa shape index (κ1) is 9.97. The highest BCUT2D eigenvalue weighted by molar-refractivity contribution is 6.30. The second kappa shape index (κ2) is 4.30. The van der Waals surface area contributed by atoms with Gasteiger partial charge in [-0.05, 0) is 24.1 Å². The summed E-state index contributed by atoms with van der Waals surface area (Å²) in [6.45, 7) is 3.12. The average Bonchev–Trinajstić information content (AvgIpc) is 2.56. The van der Waals surface area contributed by atoms with Crippen molar-refractivity contribution < 1.29 is 0 Å². The molecule has 2 nitrogen and oxygen atoms in total. The summed E-state index contributed by atoms with van der Waals surface area (Å²) < 4.78 is 0. The Morgan fingerprint density at radius 2 is 2.07 bits per heavy atom. The first-order valence-corrected chi connectivity index (χ1v) is 5.34. The zero-order chi connectivity index (χ0) is 9.97. The summed E-state index contributed by atoms with van der Waals surface area (Å²) in [6, 6.07) is 8.39. The van der Waals surface area contributed by atoms with E-state index in [2.05, 4.69) is 17.0 Å². The predicted octanol–water partition coefficient (Wildman–Crippen LogP) is 1.87. The number of hydrogen-bond acceptors (Lipinski definition) is 2. The zero-order valence-electron chi connectivity index (χ0n) is 8.12. The van der Waals surface area contributed by atoms with Gasteiger partial charge in [0.1, 0.15) is 0 Å². The van der Waals surface area contributed by atoms with E-state index in [0.717, 1.165) is 31.1 Å². The van der Waals surface area contributed by atoms with Crippen molar-refractivity contribution in [2.24, 2.45) is 5.73 Å². The summed E-state index contributed by atoms with van der Waals surface area (Å²) >= 11 is 5.82. The van der Waals surface area contributed by atoms with Crippen LogP contribution in [0.4, 0.5) is 0 Å². The molecule has 2 rings (SSSR count). The summed E-state index contributed by atoms with van der Waals surface area (Å²) in [5.74, 6) is 0. The van der Waals surface area contributed by atoms with Crippen molar-refractivity contribution in [2.45, 2.75) is 19.0 Å². The van der Waals surface area contributed by atoms with Gasteiger partial charge < -0.3 is 5.73 Å². The molecule has 0 aromatic heterocycles. The number of benzene rings is 1. The molecular formula is C11H15ClN2. The molecule has 0 spiro atoms. The van der Waals surface area contributed by atoms with Crippen LogP contribution in [0.3, 0.4) is 0 Å². The lowest BCUT2D eigenvalue weighted by atomic mass is 10.2. The molecule has 0 amide bonds. The van der Waals surface area contributed by atoms with Crippen molar-refractivity contribution in [1.82, 2.24) is 4.90 Å². The van der Waals surface area contributed by atoms with Crippen molar-refractivity contribution in [3.05, 3.63) is 34.9 Å². The van der Waals surface area contributed by atoms with Crippen LogP contribution in [0.2, 0.25) is 5.02 Å². The standard InChI is InChI=1S/C11H15ClN2/c12-10-3-1-9(2-4-10)7-14-6-5-11(13)8-14/h1-4,11H,5-8,13H2. The van der Waals surface area contributed by atoms with Crippen molar-refractivity contribution >= 4 is 11.6 Å². The summed E-state index contributed by atoms with van der Waals surface area (Å²) in [6.07, 6.45) is 1.12. The minimum atomic E-state index is 0.363. The largest absolute Gasteiger partial charge is 0.326 e. The lowest BCUT2D eigenvalue weighted by Gasteiger charge is -2.14. The van der Waals surface area contributed by atoms with Crippen molar-refractivity contribution in [3.63, 3.8) is 0 Å². The van der Waals surface area contributed by atoms with E-state index in [-0.39, 0.29) is 0 Å². The summed E-state index contributed by atoms with van der Waals surface area (Å²) in [7, 11) is 0. The van der Waals surface area contributed by atoms with Gasteiger partial charge in [0, 0.05) is 30.7 Å². The number of nitrogens with two attached hydrogens (primary N) is 1. The predicted molar refractivity (Wildman–Crippen MR) is 59.3 cm³/mol. The normalized spacial score (nSPS) is 22.9. The monoisotopic (exact) mass is 210 g/mol. The number of likely N-dealkylation sites (tertiary alicyclic amines) is 1. The molecule has 2 N–H and O–H groups in total. The van der Waals surface area contributed by atoms with Crippen LogP contribution >= 0.6 is 11.6 Å². The second-order valence-electron chi connectivity index (χ2n) is 3.91. The first-order valence-electron chi connectivity index (χ1n) is 4.96. The van der Waals surface area contributed by atoms with E-state index in [9.17, 15) is 0 Å². The van der Waals surface area contributed by atoms with Gasteiger partial charge in [-0.3, -0.25) is 4.90 Å². The highest BCUT2D eigenvalue weighted by Gasteiger charge is 2.18. The third-order valence-electron chi connectivity index (χ3n) is 2.63. The van der Waals surface area contributed by atoms with Gasteiger partial charge in [-0.1, -0.05) is 23.7 Å². The van der Waals surface area contributed by atoms with Crippen LogP contribution in [0.15, 0.2) is 24.3 Å². The molecule has 1 unspecified atom stereocenters. The van der Waals surface area contributed by atoms with Crippen molar-refractivity contribution in [3.8, 4) is 0 Å². The first-order chi connectivity index (χ1) is 6.74. The fourth-order valence-electron chi connectivity index (χ4n) is 1.85. The Labute approximate surface area is 89.7 Å². The summed E-state index contributed by atoms with van der Waals surface area (Å²) in [4.78, 5) is 2.38. The maximum absolute atomic E-state index is 5.84. The van der Waals surface area contributed by atoms with Gasteiger partial charge in [0.25, 0.3) is 0 Å². The second-order valence-corrected chi connectivity index (χ2v) is 4.35. The Kier molecular flexibility index (Phi) is 3.06. The fourth-order valence-corrected chi connectivity index (χ4v) is 1.98. The summed E-state index contributed by atoms with van der Waals surface area (Å²) in [5, 5.41) is 0.798. The van der Waals surface area contributed by atoms with Gasteiger partial charge in [-0.25, -0.2) is 0 Å². The van der Waals surface area contributed by atoms with Crippen LogP contribution in [0.1, 0.15) is 12.0 Å². The van der Waals surface area contributed by atoms with Crippen LogP contribution in [0.25, 0.3) is 0 Å².